The van der Waals surface area contributed by atoms with E-state index < -0.39 is 6.10 Å². The molecule has 0 bridgehead atoms. The van der Waals surface area contributed by atoms with E-state index in [1.165, 1.54) is 0 Å². The summed E-state index contributed by atoms with van der Waals surface area (Å²) in [5.74, 6) is 4.64. The van der Waals surface area contributed by atoms with Gasteiger partial charge in [-0.15, -0.1) is 0 Å². The lowest BCUT2D eigenvalue weighted by Crippen LogP contribution is -2.22. The van der Waals surface area contributed by atoms with E-state index in [2.05, 4.69) is 16.2 Å². The topological polar surface area (TPSA) is 97.0 Å². The normalized spacial score (nSPS) is 14.8. The van der Waals surface area contributed by atoms with Crippen molar-refractivity contribution >= 4 is 0 Å². The summed E-state index contributed by atoms with van der Waals surface area (Å²) in [6, 6.07) is 0. The fraction of sp³-hybridized carbons (Fsp3) is 1.00. The van der Waals surface area contributed by atoms with E-state index in [0.717, 1.165) is 0 Å². The van der Waals surface area contributed by atoms with Gasteiger partial charge in [0.15, 0.2) is 0 Å². The minimum absolute atomic E-state index is 0.188. The number of hydrogen-bond donors (Lipinski definition) is 3. The number of nitrogens with two attached hydrogens (primary N) is 2. The Morgan fingerprint density at radius 3 is 2.62 bits per heavy atom. The molecule has 1 unspecified atom stereocenters. The second kappa shape index (κ2) is 4.48. The third kappa shape index (κ3) is 3.51. The monoisotopic (exact) mass is 118 g/mol. The van der Waals surface area contributed by atoms with Gasteiger partial charge >= 0.3 is 0 Å². The molecule has 5 N–H and O–H groups in total. The van der Waals surface area contributed by atoms with Crippen LogP contribution in [0.25, 0.3) is 0 Å². The highest BCUT2D eigenvalue weighted by Gasteiger charge is 1.95. The molecule has 0 fully saturated rings. The zero-order valence-corrected chi connectivity index (χ0v) is 4.49. The van der Waals surface area contributed by atoms with Crippen molar-refractivity contribution in [1.82, 2.24) is 0 Å². The van der Waals surface area contributed by atoms with Crippen LogP contribution in [0, 0.1) is 0 Å². The van der Waals surface area contributed by atoms with Gasteiger partial charge in [-0.1, -0.05) is 5.22 Å². The van der Waals surface area contributed by atoms with Gasteiger partial charge in [0.25, 0.3) is 0 Å². The molecule has 8 heavy (non-hydrogen) atoms. The summed E-state index contributed by atoms with van der Waals surface area (Å²) in [5, 5.41) is 14.9. The fourth-order valence-corrected chi connectivity index (χ4v) is 0.216. The maximum atomic E-state index is 8.65. The van der Waals surface area contributed by atoms with Crippen LogP contribution < -0.4 is 11.6 Å². The molecule has 0 aliphatic heterocycles. The third-order valence-corrected chi connectivity index (χ3v) is 0.646. The van der Waals surface area contributed by atoms with Crippen LogP contribution in [0.4, 0.5) is 0 Å². The molecule has 0 aliphatic rings. The first-order valence-corrected chi connectivity index (χ1v) is 2.26. The summed E-state index contributed by atoms with van der Waals surface area (Å²) in [7, 11) is 0. The first-order chi connectivity index (χ1) is 3.81. The van der Waals surface area contributed by atoms with Gasteiger partial charge in [-0.2, -0.15) is 5.11 Å². The first kappa shape index (κ1) is 7.32. The van der Waals surface area contributed by atoms with E-state index in [9.17, 15) is 0 Å². The quantitative estimate of drug-likeness (QED) is 0.242. The Balaban J connectivity index is 3.10. The Hall–Kier alpha value is -0.680. The van der Waals surface area contributed by atoms with Crippen LogP contribution >= 0.6 is 0 Å². The van der Waals surface area contributed by atoms with Gasteiger partial charge in [0.05, 0.1) is 12.6 Å². The summed E-state index contributed by atoms with van der Waals surface area (Å²) < 4.78 is 0. The smallest absolute Gasteiger partial charge is 0.0892 e. The highest BCUT2D eigenvalue weighted by molar-refractivity contribution is 4.55. The first-order valence-electron chi connectivity index (χ1n) is 2.26. The Morgan fingerprint density at radius 1 is 1.62 bits per heavy atom. The molecule has 0 rings (SSSR count). The van der Waals surface area contributed by atoms with Crippen LogP contribution in [-0.2, 0) is 0 Å². The van der Waals surface area contributed by atoms with Gasteiger partial charge in [-0.05, 0) is 0 Å². The number of hydrogen-bond acceptors (Lipinski definition) is 4. The van der Waals surface area contributed by atoms with E-state index in [4.69, 9.17) is 10.8 Å². The predicted octanol–water partition coefficient (Wildman–Crippen LogP) is -1.37. The minimum Gasteiger partial charge on any atom is -0.390 e. The molecule has 0 aromatic heterocycles. The molecule has 0 saturated carbocycles. The van der Waals surface area contributed by atoms with Gasteiger partial charge in [0, 0.05) is 6.54 Å². The van der Waals surface area contributed by atoms with Gasteiger partial charge in [-0.3, -0.25) is 0 Å². The molecule has 5 nitrogen and oxygen atoms in total. The third-order valence-electron chi connectivity index (χ3n) is 0.646. The van der Waals surface area contributed by atoms with Crippen LogP contribution in [0.2, 0.25) is 0 Å². The Morgan fingerprint density at radius 2 is 2.25 bits per heavy atom. The van der Waals surface area contributed by atoms with Crippen molar-refractivity contribution < 1.29 is 5.11 Å². The minimum atomic E-state index is -0.609. The largest absolute Gasteiger partial charge is 0.390 e. The van der Waals surface area contributed by atoms with E-state index in [0.29, 0.717) is 0 Å². The van der Waals surface area contributed by atoms with Crippen LogP contribution in [0.5, 0.6) is 0 Å². The van der Waals surface area contributed by atoms with Crippen molar-refractivity contribution in [2.24, 2.45) is 21.9 Å². The maximum absolute atomic E-state index is 8.65. The van der Waals surface area contributed by atoms with Crippen molar-refractivity contribution in [3.8, 4) is 0 Å². The number of rotatable bonds is 3. The highest BCUT2D eigenvalue weighted by Crippen LogP contribution is 1.78. The molecule has 0 saturated heterocycles. The average molecular weight is 118 g/mol. The van der Waals surface area contributed by atoms with Gasteiger partial charge in [0.2, 0.25) is 0 Å². The van der Waals surface area contributed by atoms with Gasteiger partial charge in [0.1, 0.15) is 0 Å². The van der Waals surface area contributed by atoms with E-state index in [1.807, 2.05) is 0 Å². The van der Waals surface area contributed by atoms with E-state index >= 15 is 0 Å². The molecule has 1 atom stereocenters. The molecule has 0 aliphatic carbocycles. The van der Waals surface area contributed by atoms with Crippen molar-refractivity contribution in [3.63, 3.8) is 0 Å². The van der Waals surface area contributed by atoms with Gasteiger partial charge < -0.3 is 16.7 Å². The average Bonchev–Trinajstić information content (AvgIpc) is 1.83. The number of nitrogens with zero attached hydrogens (tertiary/aromatic N) is 2. The van der Waals surface area contributed by atoms with Crippen LogP contribution in [0.15, 0.2) is 10.3 Å². The molecule has 5 heteroatoms. The number of aliphatic hydroxyl groups is 1. The predicted molar refractivity (Wildman–Crippen MR) is 29.0 cm³/mol. The lowest BCUT2D eigenvalue weighted by Gasteiger charge is -1.98. The maximum Gasteiger partial charge on any atom is 0.0892 e. The van der Waals surface area contributed by atoms with Crippen molar-refractivity contribution in [1.29, 1.82) is 0 Å². The fourth-order valence-electron chi connectivity index (χ4n) is 0.216. The molecule has 0 spiro atoms. The van der Waals surface area contributed by atoms with Gasteiger partial charge in [-0.25, -0.2) is 0 Å². The van der Waals surface area contributed by atoms with Crippen LogP contribution in [0.3, 0.4) is 0 Å². The van der Waals surface area contributed by atoms with Crippen LogP contribution in [-0.4, -0.2) is 24.3 Å². The van der Waals surface area contributed by atoms with E-state index in [-0.39, 0.29) is 13.1 Å². The molecule has 0 aromatic carbocycles. The summed E-state index contributed by atoms with van der Waals surface area (Å²) in [5.41, 5.74) is 5.02. The lowest BCUT2D eigenvalue weighted by atomic mass is 10.4. The molecule has 0 aromatic rings. The van der Waals surface area contributed by atoms with Crippen LogP contribution in [0.1, 0.15) is 0 Å². The summed E-state index contributed by atoms with van der Waals surface area (Å²) >= 11 is 0. The summed E-state index contributed by atoms with van der Waals surface area (Å²) in [6.07, 6.45) is -0.609. The Labute approximate surface area is 47.4 Å². The molecular weight excluding hydrogens is 108 g/mol. The molecule has 0 amide bonds. The second-order valence-corrected chi connectivity index (χ2v) is 1.33. The molecule has 0 heterocycles. The standard InChI is InChI=1S/C3H10N4O/c4-1-3(8)2-6-7-5/h3,8H,1-2,4H2,(H2,5,6). The highest BCUT2D eigenvalue weighted by atomic mass is 16.3. The van der Waals surface area contributed by atoms with Crippen molar-refractivity contribution in [3.05, 3.63) is 0 Å². The van der Waals surface area contributed by atoms with E-state index in [1.54, 1.807) is 0 Å². The zero-order valence-electron chi connectivity index (χ0n) is 4.49. The number of aliphatic hydroxyl groups excluding tert-OH is 1. The summed E-state index contributed by atoms with van der Waals surface area (Å²) in [4.78, 5) is 0. The summed E-state index contributed by atoms with van der Waals surface area (Å²) in [6.45, 7) is 0.381. The second-order valence-electron chi connectivity index (χ2n) is 1.33. The molecule has 0 radical (unpaired) electrons. The Bertz CT molecular complexity index is 73.7. The van der Waals surface area contributed by atoms with Crippen molar-refractivity contribution in [2.45, 2.75) is 6.10 Å². The molecule has 48 valence electrons. The molecular formula is C3H10N4O. The Kier molecular flexibility index (Phi) is 4.10. The lowest BCUT2D eigenvalue weighted by molar-refractivity contribution is 0.189. The van der Waals surface area contributed by atoms with Crippen molar-refractivity contribution in [2.75, 3.05) is 13.1 Å². The zero-order chi connectivity index (χ0) is 6.41. The SMILES string of the molecule is NCC(O)CN=NN.